The van der Waals surface area contributed by atoms with Gasteiger partial charge in [-0.1, -0.05) is 31.0 Å². The second kappa shape index (κ2) is 4.46. The first-order chi connectivity index (χ1) is 7.60. The highest BCUT2D eigenvalue weighted by molar-refractivity contribution is 6.31. The summed E-state index contributed by atoms with van der Waals surface area (Å²) in [5, 5.41) is 9.37. The van der Waals surface area contributed by atoms with Gasteiger partial charge in [0.05, 0.1) is 6.42 Å². The lowest BCUT2D eigenvalue weighted by Gasteiger charge is -2.05. The van der Waals surface area contributed by atoms with Crippen molar-refractivity contribution < 1.29 is 9.90 Å². The highest BCUT2D eigenvalue weighted by Gasteiger charge is 2.21. The van der Waals surface area contributed by atoms with Crippen molar-refractivity contribution in [1.82, 2.24) is 0 Å². The summed E-state index contributed by atoms with van der Waals surface area (Å²) in [6.45, 7) is 2.19. The van der Waals surface area contributed by atoms with Crippen molar-refractivity contribution in [3.05, 3.63) is 33.8 Å². The maximum absolute atomic E-state index is 10.7. The summed E-state index contributed by atoms with van der Waals surface area (Å²) < 4.78 is 0. The van der Waals surface area contributed by atoms with Crippen LogP contribution in [0.1, 0.15) is 30.0 Å². The molecule has 0 spiro atoms. The molecule has 1 aliphatic carbocycles. The van der Waals surface area contributed by atoms with Crippen LogP contribution in [-0.2, 0) is 24.1 Å². The zero-order valence-electron chi connectivity index (χ0n) is 9.29. The predicted molar refractivity (Wildman–Crippen MR) is 64.0 cm³/mol. The summed E-state index contributed by atoms with van der Waals surface area (Å²) in [5.74, 6) is -0.127. The van der Waals surface area contributed by atoms with E-state index in [1.165, 1.54) is 17.5 Å². The van der Waals surface area contributed by atoms with E-state index in [-0.39, 0.29) is 6.42 Å². The second-order valence-electron chi connectivity index (χ2n) is 4.47. The fourth-order valence-corrected chi connectivity index (χ4v) is 2.62. The van der Waals surface area contributed by atoms with Crippen LogP contribution >= 0.6 is 11.6 Å². The zero-order valence-corrected chi connectivity index (χ0v) is 10.0. The Morgan fingerprint density at radius 2 is 2.06 bits per heavy atom. The lowest BCUT2D eigenvalue weighted by atomic mass is 10.0. The van der Waals surface area contributed by atoms with E-state index in [2.05, 4.69) is 6.92 Å². The van der Waals surface area contributed by atoms with Gasteiger partial charge in [-0.3, -0.25) is 4.79 Å². The van der Waals surface area contributed by atoms with Crippen LogP contribution in [0.15, 0.2) is 12.1 Å². The maximum Gasteiger partial charge on any atom is 0.307 e. The van der Waals surface area contributed by atoms with Crippen LogP contribution < -0.4 is 0 Å². The quantitative estimate of drug-likeness (QED) is 0.879. The van der Waals surface area contributed by atoms with Gasteiger partial charge in [-0.2, -0.15) is 0 Å². The largest absolute Gasteiger partial charge is 0.481 e. The van der Waals surface area contributed by atoms with E-state index in [0.29, 0.717) is 10.9 Å². The molecule has 1 aliphatic rings. The molecule has 0 amide bonds. The maximum atomic E-state index is 10.7. The van der Waals surface area contributed by atoms with Gasteiger partial charge in [0.25, 0.3) is 0 Å². The molecule has 1 atom stereocenters. The fourth-order valence-electron chi connectivity index (χ4n) is 2.37. The number of hydrogen-bond donors (Lipinski definition) is 1. The van der Waals surface area contributed by atoms with E-state index in [9.17, 15) is 4.79 Å². The number of aliphatic carboxylic acids is 1. The lowest BCUT2D eigenvalue weighted by molar-refractivity contribution is -0.136. The van der Waals surface area contributed by atoms with E-state index < -0.39 is 5.97 Å². The molecule has 0 aliphatic heterocycles. The summed E-state index contributed by atoms with van der Waals surface area (Å²) >= 11 is 6.08. The van der Waals surface area contributed by atoms with E-state index in [0.717, 1.165) is 18.4 Å². The van der Waals surface area contributed by atoms with Crippen molar-refractivity contribution >= 4 is 17.6 Å². The first-order valence-corrected chi connectivity index (χ1v) is 6.00. The Kier molecular flexibility index (Phi) is 3.20. The second-order valence-corrected chi connectivity index (χ2v) is 4.87. The van der Waals surface area contributed by atoms with Gasteiger partial charge in [-0.15, -0.1) is 0 Å². The Morgan fingerprint density at radius 3 is 2.62 bits per heavy atom. The van der Waals surface area contributed by atoms with E-state index in [4.69, 9.17) is 16.7 Å². The van der Waals surface area contributed by atoms with Crippen LogP contribution in [0.2, 0.25) is 5.02 Å². The number of halogens is 1. The minimum atomic E-state index is -0.827. The molecule has 1 aromatic carbocycles. The molecular formula is C13H15ClO2. The normalized spacial score (nSPS) is 18.5. The Labute approximate surface area is 100 Å². The molecule has 0 saturated carbocycles. The highest BCUT2D eigenvalue weighted by Crippen LogP contribution is 2.32. The van der Waals surface area contributed by atoms with E-state index in [1.54, 1.807) is 0 Å². The van der Waals surface area contributed by atoms with Crippen molar-refractivity contribution in [2.75, 3.05) is 0 Å². The summed E-state index contributed by atoms with van der Waals surface area (Å²) in [6.07, 6.45) is 3.33. The molecule has 1 unspecified atom stereocenters. The van der Waals surface area contributed by atoms with Gasteiger partial charge < -0.3 is 5.11 Å². The third-order valence-corrected chi connectivity index (χ3v) is 3.66. The van der Waals surface area contributed by atoms with Gasteiger partial charge in [0.1, 0.15) is 0 Å². The molecule has 0 radical (unpaired) electrons. The van der Waals surface area contributed by atoms with Gasteiger partial charge in [0.2, 0.25) is 0 Å². The van der Waals surface area contributed by atoms with Gasteiger partial charge in [0, 0.05) is 5.02 Å². The molecule has 2 nitrogen and oxygen atoms in total. The molecule has 16 heavy (non-hydrogen) atoms. The third kappa shape index (κ3) is 2.22. The lowest BCUT2D eigenvalue weighted by Crippen LogP contribution is -2.01. The number of carboxylic acid groups (broad SMARTS) is 1. The number of carboxylic acids is 1. The van der Waals surface area contributed by atoms with Gasteiger partial charge in [-0.05, 0) is 41.5 Å². The molecule has 3 heteroatoms. The highest BCUT2D eigenvalue weighted by atomic mass is 35.5. The molecule has 0 bridgehead atoms. The van der Waals surface area contributed by atoms with Gasteiger partial charge in [-0.25, -0.2) is 0 Å². The summed E-state index contributed by atoms with van der Waals surface area (Å²) in [5.41, 5.74) is 3.32. The van der Waals surface area contributed by atoms with Gasteiger partial charge >= 0.3 is 5.97 Å². The number of fused-ring (bicyclic) bond motifs is 1. The Morgan fingerprint density at radius 1 is 1.44 bits per heavy atom. The Hall–Kier alpha value is -1.02. The summed E-state index contributed by atoms with van der Waals surface area (Å²) in [6, 6.07) is 3.92. The van der Waals surface area contributed by atoms with Crippen molar-refractivity contribution in [3.8, 4) is 0 Å². The average Bonchev–Trinajstić information content (AvgIpc) is 2.59. The van der Waals surface area contributed by atoms with Crippen LogP contribution in [0.25, 0.3) is 0 Å². The van der Waals surface area contributed by atoms with Crippen molar-refractivity contribution in [3.63, 3.8) is 0 Å². The Bertz CT molecular complexity index is 426. The van der Waals surface area contributed by atoms with Crippen molar-refractivity contribution in [2.45, 2.75) is 32.6 Å². The van der Waals surface area contributed by atoms with E-state index in [1.807, 2.05) is 12.1 Å². The zero-order chi connectivity index (χ0) is 11.7. The van der Waals surface area contributed by atoms with Crippen LogP contribution in [0, 0.1) is 5.92 Å². The summed E-state index contributed by atoms with van der Waals surface area (Å²) in [7, 11) is 0. The molecule has 0 saturated heterocycles. The predicted octanol–water partition coefficient (Wildman–Crippen LogP) is 3.09. The van der Waals surface area contributed by atoms with Crippen LogP contribution in [-0.4, -0.2) is 11.1 Å². The summed E-state index contributed by atoms with van der Waals surface area (Å²) in [4.78, 5) is 10.7. The number of benzene rings is 1. The van der Waals surface area contributed by atoms with Crippen LogP contribution in [0.4, 0.5) is 0 Å². The van der Waals surface area contributed by atoms with Crippen molar-refractivity contribution in [2.24, 2.45) is 5.92 Å². The van der Waals surface area contributed by atoms with E-state index >= 15 is 0 Å². The molecular weight excluding hydrogens is 224 g/mol. The minimum Gasteiger partial charge on any atom is -0.481 e. The smallest absolute Gasteiger partial charge is 0.307 e. The Balaban J connectivity index is 2.29. The fraction of sp³-hybridized carbons (Fsp3) is 0.462. The van der Waals surface area contributed by atoms with Crippen LogP contribution in [0.5, 0.6) is 0 Å². The SMILES string of the molecule is CCC1Cc2cc(Cl)c(CC(=O)O)cc2C1. The molecule has 0 aromatic heterocycles. The number of rotatable bonds is 3. The van der Waals surface area contributed by atoms with Gasteiger partial charge in [0.15, 0.2) is 0 Å². The average molecular weight is 239 g/mol. The van der Waals surface area contributed by atoms with Crippen molar-refractivity contribution in [1.29, 1.82) is 0 Å². The first kappa shape index (κ1) is 11.5. The minimum absolute atomic E-state index is 0.0168. The molecule has 0 fully saturated rings. The molecule has 0 heterocycles. The molecule has 2 rings (SSSR count). The third-order valence-electron chi connectivity index (χ3n) is 3.30. The number of hydrogen-bond acceptors (Lipinski definition) is 1. The van der Waals surface area contributed by atoms with Crippen LogP contribution in [0.3, 0.4) is 0 Å². The monoisotopic (exact) mass is 238 g/mol. The first-order valence-electron chi connectivity index (χ1n) is 5.62. The molecule has 1 N–H and O–H groups in total. The topological polar surface area (TPSA) is 37.3 Å². The molecule has 86 valence electrons. The standard InChI is InChI=1S/C13H15ClO2/c1-2-8-3-9-5-11(7-13(15)16)12(14)6-10(9)4-8/h5-6,8H,2-4,7H2,1H3,(H,15,16). The number of carbonyl (C=O) groups is 1. The molecule has 1 aromatic rings.